The van der Waals surface area contributed by atoms with Crippen molar-refractivity contribution in [2.24, 2.45) is 0 Å². The van der Waals surface area contributed by atoms with Crippen molar-refractivity contribution in [2.75, 3.05) is 5.32 Å². The Hall–Kier alpha value is -3.21. The van der Waals surface area contributed by atoms with E-state index in [0.717, 1.165) is 36.6 Å². The van der Waals surface area contributed by atoms with Crippen LogP contribution in [0.1, 0.15) is 37.3 Å². The number of aromatic nitrogens is 3. The van der Waals surface area contributed by atoms with Gasteiger partial charge in [0.15, 0.2) is 5.16 Å². The molecule has 0 saturated heterocycles. The number of rotatable bonds is 8. The van der Waals surface area contributed by atoms with Gasteiger partial charge >= 0.3 is 5.69 Å². The molecule has 0 bridgehead atoms. The number of amides is 1. The maximum Gasteiger partial charge on any atom is 0.306 e. The van der Waals surface area contributed by atoms with Gasteiger partial charge in [-0.05, 0) is 44.0 Å². The number of nitrogens with zero attached hydrogens (tertiary/aromatic N) is 4. The molecule has 1 aromatic carbocycles. The maximum absolute atomic E-state index is 13.5. The highest BCUT2D eigenvalue weighted by Gasteiger charge is 2.31. The van der Waals surface area contributed by atoms with Crippen LogP contribution in [0.4, 0.5) is 15.8 Å². The highest BCUT2D eigenvalue weighted by molar-refractivity contribution is 8.00. The van der Waals surface area contributed by atoms with E-state index in [1.165, 1.54) is 17.8 Å². The van der Waals surface area contributed by atoms with Gasteiger partial charge in [0, 0.05) is 17.7 Å². The van der Waals surface area contributed by atoms with Crippen LogP contribution in [0.15, 0.2) is 46.2 Å². The molecule has 1 amide bonds. The summed E-state index contributed by atoms with van der Waals surface area (Å²) in [6.07, 6.45) is 3.71. The van der Waals surface area contributed by atoms with Crippen LogP contribution in [0.3, 0.4) is 0 Å². The third-order valence-corrected chi connectivity index (χ3v) is 5.72. The molecule has 1 atom stereocenters. The number of nitro groups is 1. The van der Waals surface area contributed by atoms with Crippen molar-refractivity contribution < 1.29 is 18.5 Å². The lowest BCUT2D eigenvalue weighted by atomic mass is 10.2. The Morgan fingerprint density at radius 1 is 1.43 bits per heavy atom. The Bertz CT molecular complexity index is 1080. The minimum absolute atomic E-state index is 0.149. The Kier molecular flexibility index (Phi) is 5.53. The molecule has 11 heteroatoms. The summed E-state index contributed by atoms with van der Waals surface area (Å²) in [5.41, 5.74) is -0.545. The largest absolute Gasteiger partial charge is 0.467 e. The molecule has 1 saturated carbocycles. The van der Waals surface area contributed by atoms with Gasteiger partial charge in [-0.25, -0.2) is 0 Å². The minimum atomic E-state index is -0.959. The van der Waals surface area contributed by atoms with Crippen LogP contribution in [0.5, 0.6) is 0 Å². The van der Waals surface area contributed by atoms with Crippen molar-refractivity contribution in [1.82, 2.24) is 14.8 Å². The monoisotopic (exact) mass is 431 g/mol. The van der Waals surface area contributed by atoms with Gasteiger partial charge in [0.05, 0.1) is 23.0 Å². The summed E-state index contributed by atoms with van der Waals surface area (Å²) in [5, 5.41) is 22.0. The quantitative estimate of drug-likeness (QED) is 0.326. The zero-order valence-corrected chi connectivity index (χ0v) is 16.8. The SMILES string of the molecule is CC(Sc1nnc(C2CC2)n1Cc1ccco1)C(=O)Nc1ccc(F)c([N+](=O)[O-])c1. The first-order chi connectivity index (χ1) is 14.4. The zero-order chi connectivity index (χ0) is 21.3. The fraction of sp³-hybridized carbons (Fsp3) is 0.316. The van der Waals surface area contributed by atoms with E-state index in [1.54, 1.807) is 19.3 Å². The smallest absolute Gasteiger partial charge is 0.306 e. The highest BCUT2D eigenvalue weighted by atomic mass is 32.2. The molecule has 1 N–H and O–H groups in total. The van der Waals surface area contributed by atoms with Gasteiger partial charge in [0.25, 0.3) is 0 Å². The van der Waals surface area contributed by atoms with Crippen LogP contribution in [0, 0.1) is 15.9 Å². The van der Waals surface area contributed by atoms with Crippen molar-refractivity contribution in [3.63, 3.8) is 0 Å². The number of hydrogen-bond donors (Lipinski definition) is 1. The van der Waals surface area contributed by atoms with E-state index in [2.05, 4.69) is 15.5 Å². The van der Waals surface area contributed by atoms with E-state index in [4.69, 9.17) is 4.42 Å². The molecule has 4 rings (SSSR count). The third kappa shape index (κ3) is 4.35. The van der Waals surface area contributed by atoms with E-state index in [1.807, 2.05) is 10.6 Å². The van der Waals surface area contributed by atoms with Crippen LogP contribution in [0.2, 0.25) is 0 Å². The number of anilines is 1. The van der Waals surface area contributed by atoms with E-state index >= 15 is 0 Å². The predicted molar refractivity (Wildman–Crippen MR) is 107 cm³/mol. The van der Waals surface area contributed by atoms with Crippen LogP contribution in [-0.4, -0.2) is 30.8 Å². The lowest BCUT2D eigenvalue weighted by Gasteiger charge is -2.13. The van der Waals surface area contributed by atoms with Crippen LogP contribution in [-0.2, 0) is 11.3 Å². The average molecular weight is 431 g/mol. The molecule has 0 aliphatic heterocycles. The van der Waals surface area contributed by atoms with E-state index in [9.17, 15) is 19.3 Å². The molecule has 1 unspecified atom stereocenters. The first-order valence-corrected chi connectivity index (χ1v) is 10.2. The lowest BCUT2D eigenvalue weighted by Crippen LogP contribution is -2.23. The van der Waals surface area contributed by atoms with Gasteiger partial charge in [-0.1, -0.05) is 11.8 Å². The Morgan fingerprint density at radius 2 is 2.23 bits per heavy atom. The van der Waals surface area contributed by atoms with Crippen molar-refractivity contribution in [2.45, 2.75) is 42.6 Å². The number of benzene rings is 1. The number of hydrogen-bond acceptors (Lipinski definition) is 7. The van der Waals surface area contributed by atoms with Gasteiger partial charge in [-0.2, -0.15) is 4.39 Å². The maximum atomic E-state index is 13.5. The molecule has 3 aromatic rings. The molecule has 2 heterocycles. The number of halogens is 1. The molecule has 9 nitrogen and oxygen atoms in total. The lowest BCUT2D eigenvalue weighted by molar-refractivity contribution is -0.387. The van der Waals surface area contributed by atoms with Crippen LogP contribution >= 0.6 is 11.8 Å². The number of nitro benzene ring substituents is 1. The Balaban J connectivity index is 1.48. The molecule has 1 fully saturated rings. The van der Waals surface area contributed by atoms with E-state index < -0.39 is 21.7 Å². The van der Waals surface area contributed by atoms with E-state index in [-0.39, 0.29) is 11.6 Å². The van der Waals surface area contributed by atoms with Gasteiger partial charge in [-0.15, -0.1) is 10.2 Å². The first-order valence-electron chi connectivity index (χ1n) is 9.29. The summed E-state index contributed by atoms with van der Waals surface area (Å²) in [5.74, 6) is 0.649. The molecule has 0 spiro atoms. The van der Waals surface area contributed by atoms with E-state index in [0.29, 0.717) is 17.6 Å². The van der Waals surface area contributed by atoms with Gasteiger partial charge in [0.2, 0.25) is 11.7 Å². The fourth-order valence-electron chi connectivity index (χ4n) is 2.92. The summed E-state index contributed by atoms with van der Waals surface area (Å²) in [6, 6.07) is 6.90. The summed E-state index contributed by atoms with van der Waals surface area (Å²) >= 11 is 1.23. The standard InChI is InChI=1S/C19H18FN5O4S/c1-11(18(26)21-13-6-7-15(20)16(9-13)25(27)28)30-19-23-22-17(12-4-5-12)24(19)10-14-3-2-8-29-14/h2-3,6-9,11-12H,4-5,10H2,1H3,(H,21,26). The first kappa shape index (κ1) is 20.1. The summed E-state index contributed by atoms with van der Waals surface area (Å²) in [7, 11) is 0. The second-order valence-corrected chi connectivity index (χ2v) is 8.26. The number of thioether (sulfide) groups is 1. The molecular weight excluding hydrogens is 413 g/mol. The fourth-order valence-corrected chi connectivity index (χ4v) is 3.78. The van der Waals surface area contributed by atoms with Gasteiger partial charge < -0.3 is 9.73 Å². The van der Waals surface area contributed by atoms with Gasteiger partial charge in [-0.3, -0.25) is 19.5 Å². The topological polar surface area (TPSA) is 116 Å². The zero-order valence-electron chi connectivity index (χ0n) is 15.9. The molecular formula is C19H18FN5O4S. The number of furan rings is 1. The Morgan fingerprint density at radius 3 is 2.90 bits per heavy atom. The van der Waals surface area contributed by atoms with Crippen molar-refractivity contribution in [1.29, 1.82) is 0 Å². The molecule has 1 aliphatic carbocycles. The molecule has 30 heavy (non-hydrogen) atoms. The highest BCUT2D eigenvalue weighted by Crippen LogP contribution is 2.40. The Labute approximate surface area is 174 Å². The summed E-state index contributed by atoms with van der Waals surface area (Å²) < 4.78 is 20.9. The average Bonchev–Trinajstić information content (AvgIpc) is 3.28. The third-order valence-electron chi connectivity index (χ3n) is 4.64. The number of carbonyl (C=O) groups is 1. The molecule has 1 aliphatic rings. The number of nitrogens with one attached hydrogen (secondary N) is 1. The van der Waals surface area contributed by atoms with Crippen molar-refractivity contribution in [3.05, 3.63) is 64.1 Å². The summed E-state index contributed by atoms with van der Waals surface area (Å²) in [4.78, 5) is 22.6. The second-order valence-electron chi connectivity index (χ2n) is 6.95. The molecule has 0 radical (unpaired) electrons. The van der Waals surface area contributed by atoms with Crippen LogP contribution < -0.4 is 5.32 Å². The minimum Gasteiger partial charge on any atom is -0.467 e. The summed E-state index contributed by atoms with van der Waals surface area (Å²) in [6.45, 7) is 2.16. The number of carbonyl (C=O) groups excluding carboxylic acids is 1. The van der Waals surface area contributed by atoms with Crippen molar-refractivity contribution >= 4 is 29.0 Å². The second kappa shape index (κ2) is 8.27. The van der Waals surface area contributed by atoms with Crippen LogP contribution in [0.25, 0.3) is 0 Å². The molecule has 156 valence electrons. The molecule has 2 aromatic heterocycles. The van der Waals surface area contributed by atoms with Crippen molar-refractivity contribution in [3.8, 4) is 0 Å². The van der Waals surface area contributed by atoms with Gasteiger partial charge in [0.1, 0.15) is 11.6 Å². The normalized spacial score (nSPS) is 14.5. The predicted octanol–water partition coefficient (Wildman–Crippen LogP) is 3.96.